The zero-order valence-corrected chi connectivity index (χ0v) is 18.4. The average molecular weight is 454 g/mol. The Hall–Kier alpha value is -3.88. The Morgan fingerprint density at radius 2 is 1.94 bits per heavy atom. The normalized spacial score (nSPS) is 18.5. The third-order valence-electron chi connectivity index (χ3n) is 6.47. The van der Waals surface area contributed by atoms with Gasteiger partial charge in [0, 0.05) is 30.6 Å². The van der Waals surface area contributed by atoms with Crippen molar-refractivity contribution >= 4 is 21.7 Å². The molecule has 170 valence electrons. The quantitative estimate of drug-likeness (QED) is 0.420. The molecule has 0 bridgehead atoms. The van der Waals surface area contributed by atoms with Gasteiger partial charge in [0.15, 0.2) is 5.82 Å². The molecule has 2 aromatic carbocycles. The van der Waals surface area contributed by atoms with Crippen molar-refractivity contribution in [2.24, 2.45) is 0 Å². The SMILES string of the molecule is O=c1c2cc(Cc3ccc(-n4cccn4)nc3)c3ccccc3c2ncn1[C@H]1CCOC[C@@H]1O. The molecule has 34 heavy (non-hydrogen) atoms. The van der Waals surface area contributed by atoms with Crippen LogP contribution in [-0.2, 0) is 11.2 Å². The number of fused-ring (bicyclic) bond motifs is 3. The summed E-state index contributed by atoms with van der Waals surface area (Å²) >= 11 is 0. The molecule has 1 saturated heterocycles. The fourth-order valence-electron chi connectivity index (χ4n) is 4.75. The molecular weight excluding hydrogens is 430 g/mol. The lowest BCUT2D eigenvalue weighted by atomic mass is 9.96. The summed E-state index contributed by atoms with van der Waals surface area (Å²) in [5.74, 6) is 0.749. The van der Waals surface area contributed by atoms with Gasteiger partial charge < -0.3 is 9.84 Å². The van der Waals surface area contributed by atoms with Crippen LogP contribution >= 0.6 is 0 Å². The van der Waals surface area contributed by atoms with Gasteiger partial charge in [-0.25, -0.2) is 14.6 Å². The maximum atomic E-state index is 13.5. The molecule has 8 heteroatoms. The Labute approximate surface area is 195 Å². The Balaban J connectivity index is 1.45. The minimum atomic E-state index is -0.731. The average Bonchev–Trinajstić information content (AvgIpc) is 3.41. The zero-order valence-electron chi connectivity index (χ0n) is 18.4. The maximum Gasteiger partial charge on any atom is 0.261 e. The van der Waals surface area contributed by atoms with Gasteiger partial charge in [-0.2, -0.15) is 5.10 Å². The highest BCUT2D eigenvalue weighted by atomic mass is 16.5. The highest BCUT2D eigenvalue weighted by Crippen LogP contribution is 2.28. The summed E-state index contributed by atoms with van der Waals surface area (Å²) in [6, 6.07) is 15.4. The van der Waals surface area contributed by atoms with E-state index < -0.39 is 6.10 Å². The lowest BCUT2D eigenvalue weighted by Crippen LogP contribution is -2.39. The van der Waals surface area contributed by atoms with E-state index in [1.165, 1.54) is 0 Å². The second-order valence-electron chi connectivity index (χ2n) is 8.58. The van der Waals surface area contributed by atoms with Crippen LogP contribution in [0.5, 0.6) is 0 Å². The van der Waals surface area contributed by atoms with Crippen LogP contribution in [0, 0.1) is 0 Å². The van der Waals surface area contributed by atoms with Crippen molar-refractivity contribution in [2.45, 2.75) is 25.0 Å². The molecule has 0 aliphatic carbocycles. The molecule has 0 spiro atoms. The van der Waals surface area contributed by atoms with Crippen LogP contribution in [0.1, 0.15) is 23.6 Å². The minimum Gasteiger partial charge on any atom is -0.389 e. The molecule has 0 amide bonds. The Bertz CT molecular complexity index is 1530. The van der Waals surface area contributed by atoms with Crippen LogP contribution in [0.2, 0.25) is 0 Å². The van der Waals surface area contributed by atoms with Crippen LogP contribution < -0.4 is 5.56 Å². The molecule has 3 aromatic heterocycles. The van der Waals surface area contributed by atoms with Gasteiger partial charge in [-0.1, -0.05) is 30.3 Å². The van der Waals surface area contributed by atoms with E-state index in [9.17, 15) is 9.90 Å². The molecular formula is C26H23N5O3. The Morgan fingerprint density at radius 3 is 2.71 bits per heavy atom. The third kappa shape index (κ3) is 3.57. The van der Waals surface area contributed by atoms with Gasteiger partial charge in [0.2, 0.25) is 0 Å². The van der Waals surface area contributed by atoms with Gasteiger partial charge in [0.05, 0.1) is 36.0 Å². The maximum absolute atomic E-state index is 13.5. The highest BCUT2D eigenvalue weighted by molar-refractivity contribution is 6.06. The van der Waals surface area contributed by atoms with Crippen LogP contribution in [0.15, 0.2) is 78.2 Å². The van der Waals surface area contributed by atoms with Crippen molar-refractivity contribution in [3.63, 3.8) is 0 Å². The molecule has 1 aliphatic heterocycles. The van der Waals surface area contributed by atoms with Gasteiger partial charge >= 0.3 is 0 Å². The van der Waals surface area contributed by atoms with E-state index in [1.54, 1.807) is 21.8 Å². The number of rotatable bonds is 4. The van der Waals surface area contributed by atoms with Crippen LogP contribution in [0.4, 0.5) is 0 Å². The van der Waals surface area contributed by atoms with Crippen LogP contribution in [0.25, 0.3) is 27.5 Å². The lowest BCUT2D eigenvalue weighted by Gasteiger charge is -2.29. The predicted molar refractivity (Wildman–Crippen MR) is 128 cm³/mol. The Morgan fingerprint density at radius 1 is 1.06 bits per heavy atom. The van der Waals surface area contributed by atoms with Crippen molar-refractivity contribution in [2.75, 3.05) is 13.2 Å². The van der Waals surface area contributed by atoms with Crippen molar-refractivity contribution in [3.8, 4) is 5.82 Å². The number of aliphatic hydroxyl groups is 1. The number of hydrogen-bond acceptors (Lipinski definition) is 6. The summed E-state index contributed by atoms with van der Waals surface area (Å²) in [4.78, 5) is 22.7. The minimum absolute atomic E-state index is 0.143. The zero-order chi connectivity index (χ0) is 23.1. The summed E-state index contributed by atoms with van der Waals surface area (Å²) in [7, 11) is 0. The van der Waals surface area contributed by atoms with E-state index >= 15 is 0 Å². The summed E-state index contributed by atoms with van der Waals surface area (Å²) in [6.45, 7) is 0.732. The first kappa shape index (κ1) is 20.7. The molecule has 0 radical (unpaired) electrons. The summed E-state index contributed by atoms with van der Waals surface area (Å²) in [6.07, 6.45) is 7.44. The molecule has 6 rings (SSSR count). The van der Waals surface area contributed by atoms with Crippen LogP contribution in [0.3, 0.4) is 0 Å². The van der Waals surface area contributed by atoms with E-state index in [1.807, 2.05) is 54.9 Å². The number of benzene rings is 2. The van der Waals surface area contributed by atoms with Gasteiger partial charge in [0.1, 0.15) is 0 Å². The predicted octanol–water partition coefficient (Wildman–Crippen LogP) is 3.04. The largest absolute Gasteiger partial charge is 0.389 e. The number of nitrogens with zero attached hydrogens (tertiary/aromatic N) is 5. The second kappa shape index (κ2) is 8.48. The van der Waals surface area contributed by atoms with Gasteiger partial charge in [-0.05, 0) is 47.6 Å². The van der Waals surface area contributed by atoms with Crippen molar-refractivity contribution in [3.05, 3.63) is 94.9 Å². The summed E-state index contributed by atoms with van der Waals surface area (Å²) in [5, 5.41) is 17.2. The van der Waals surface area contributed by atoms with Crippen molar-refractivity contribution in [1.29, 1.82) is 0 Å². The highest BCUT2D eigenvalue weighted by Gasteiger charge is 2.27. The molecule has 8 nitrogen and oxygen atoms in total. The standard InChI is InChI=1S/C26H23N5O3/c32-23-15-34-11-8-22(23)30-16-28-25-20-5-2-1-4-19(20)18(13-21(25)26(30)33)12-17-6-7-24(27-14-17)31-10-3-9-29-31/h1-7,9-10,13-14,16,22-23,32H,8,11-12,15H2/t22-,23-/m0/s1. The fraction of sp³-hybridized carbons (Fsp3) is 0.231. The summed E-state index contributed by atoms with van der Waals surface area (Å²) in [5.41, 5.74) is 2.59. The van der Waals surface area contributed by atoms with E-state index in [0.29, 0.717) is 30.4 Å². The van der Waals surface area contributed by atoms with E-state index in [-0.39, 0.29) is 18.2 Å². The molecule has 1 aliphatic rings. The first-order valence-corrected chi connectivity index (χ1v) is 11.3. The first-order valence-electron chi connectivity index (χ1n) is 11.3. The van der Waals surface area contributed by atoms with Gasteiger partial charge in [-0.3, -0.25) is 9.36 Å². The third-order valence-corrected chi connectivity index (χ3v) is 6.47. The number of aromatic nitrogens is 5. The lowest BCUT2D eigenvalue weighted by molar-refractivity contribution is -0.0395. The topological polar surface area (TPSA) is 95.1 Å². The van der Waals surface area contributed by atoms with Crippen LogP contribution in [-0.4, -0.2) is 48.7 Å². The smallest absolute Gasteiger partial charge is 0.261 e. The number of pyridine rings is 1. The van der Waals surface area contributed by atoms with Crippen molar-refractivity contribution < 1.29 is 9.84 Å². The van der Waals surface area contributed by atoms with E-state index in [0.717, 1.165) is 27.7 Å². The monoisotopic (exact) mass is 453 g/mol. The molecule has 0 unspecified atom stereocenters. The van der Waals surface area contributed by atoms with E-state index in [2.05, 4.69) is 21.1 Å². The molecule has 1 fully saturated rings. The number of aliphatic hydroxyl groups excluding tert-OH is 1. The Kier molecular flexibility index (Phi) is 5.16. The molecule has 1 N–H and O–H groups in total. The molecule has 0 saturated carbocycles. The number of hydrogen-bond donors (Lipinski definition) is 1. The summed E-state index contributed by atoms with van der Waals surface area (Å²) < 4.78 is 8.62. The number of ether oxygens (including phenoxy) is 1. The van der Waals surface area contributed by atoms with E-state index in [4.69, 9.17) is 4.74 Å². The van der Waals surface area contributed by atoms with Gasteiger partial charge in [0.25, 0.3) is 5.56 Å². The first-order chi connectivity index (χ1) is 16.7. The van der Waals surface area contributed by atoms with Gasteiger partial charge in [-0.15, -0.1) is 0 Å². The molecule has 2 atom stereocenters. The molecule has 5 aromatic rings. The van der Waals surface area contributed by atoms with Crippen molar-refractivity contribution in [1.82, 2.24) is 24.3 Å². The molecule has 4 heterocycles. The fourth-order valence-corrected chi connectivity index (χ4v) is 4.75. The second-order valence-corrected chi connectivity index (χ2v) is 8.58.